The molecule has 0 fully saturated rings. The van der Waals surface area contributed by atoms with E-state index < -0.39 is 8.07 Å². The van der Waals surface area contributed by atoms with Crippen molar-refractivity contribution < 1.29 is 8.96 Å². The van der Waals surface area contributed by atoms with Crippen LogP contribution in [-0.2, 0) is 17.9 Å². The van der Waals surface area contributed by atoms with Gasteiger partial charge >= 0.3 is 0 Å². The highest BCUT2D eigenvalue weighted by Gasteiger charge is 2.44. The second-order valence-corrected chi connectivity index (χ2v) is 17.6. The van der Waals surface area contributed by atoms with Crippen LogP contribution in [0.5, 0.6) is 0 Å². The van der Waals surface area contributed by atoms with Gasteiger partial charge < -0.3 is 0 Å². The molecule has 1 aliphatic heterocycles. The van der Waals surface area contributed by atoms with Gasteiger partial charge in [-0.25, -0.2) is 8.96 Å². The van der Waals surface area contributed by atoms with Crippen LogP contribution in [0.2, 0.25) is 13.1 Å². The van der Waals surface area contributed by atoms with Gasteiger partial charge in [-0.3, -0.25) is 0 Å². The molecule has 0 spiro atoms. The molecule has 2 heterocycles. The van der Waals surface area contributed by atoms with Crippen LogP contribution in [0.1, 0.15) is 57.2 Å². The third kappa shape index (κ3) is 3.51. The van der Waals surface area contributed by atoms with Crippen LogP contribution in [0.25, 0.3) is 33.5 Å². The van der Waals surface area contributed by atoms with Crippen LogP contribution < -0.4 is 14.9 Å². The van der Waals surface area contributed by atoms with E-state index in [2.05, 4.69) is 114 Å². The topological polar surface area (TPSA) is 3.88 Å². The van der Waals surface area contributed by atoms with Gasteiger partial charge in [0.25, 0.3) is 0 Å². The van der Waals surface area contributed by atoms with E-state index >= 15 is 4.39 Å². The predicted octanol–water partition coefficient (Wildman–Crippen LogP) is 7.44. The van der Waals surface area contributed by atoms with Crippen LogP contribution in [-0.4, -0.2) is 8.07 Å². The summed E-state index contributed by atoms with van der Waals surface area (Å²) < 4.78 is 18.3. The van der Waals surface area contributed by atoms with Crippen LogP contribution in [0.3, 0.4) is 0 Å². The number of nitrogens with zero attached hydrogens (tertiary/aromatic N) is 1. The number of hydrogen-bond acceptors (Lipinski definition) is 0. The second kappa shape index (κ2) is 8.23. The lowest BCUT2D eigenvalue weighted by molar-refractivity contribution is -0.660. The minimum atomic E-state index is -2.27. The first-order chi connectivity index (χ1) is 17.8. The third-order valence-corrected chi connectivity index (χ3v) is 13.1. The van der Waals surface area contributed by atoms with Gasteiger partial charge in [0.2, 0.25) is 5.69 Å². The molecule has 1 nitrogen and oxygen atoms in total. The summed E-state index contributed by atoms with van der Waals surface area (Å²) in [6.45, 7) is 16.4. The molecule has 4 aromatic rings. The summed E-state index contributed by atoms with van der Waals surface area (Å²) in [5.41, 5.74) is 11.2. The van der Waals surface area contributed by atoms with E-state index in [1.54, 1.807) is 6.07 Å². The summed E-state index contributed by atoms with van der Waals surface area (Å²) in [6.07, 6.45) is 4.44. The summed E-state index contributed by atoms with van der Waals surface area (Å²) in [5.74, 6) is -0.103. The Morgan fingerprint density at radius 3 is 2.08 bits per heavy atom. The Bertz CT molecular complexity index is 1630. The molecular formula is C35H39FNSi+. The van der Waals surface area contributed by atoms with E-state index in [0.29, 0.717) is 0 Å². The van der Waals surface area contributed by atoms with E-state index in [1.807, 2.05) is 6.07 Å². The highest BCUT2D eigenvalue weighted by Crippen LogP contribution is 2.47. The monoisotopic (exact) mass is 520 g/mol. The molecule has 194 valence electrons. The number of fused-ring (bicyclic) bond motifs is 4. The van der Waals surface area contributed by atoms with E-state index in [1.165, 1.54) is 55.9 Å². The van der Waals surface area contributed by atoms with Crippen molar-refractivity contribution in [3.8, 4) is 33.5 Å². The molecule has 6 rings (SSSR count). The molecule has 0 radical (unpaired) electrons. The zero-order valence-corrected chi connectivity index (χ0v) is 25.1. The molecule has 3 aromatic carbocycles. The van der Waals surface area contributed by atoms with Gasteiger partial charge in [-0.15, -0.1) is 0 Å². The summed E-state index contributed by atoms with van der Waals surface area (Å²) >= 11 is 0. The van der Waals surface area contributed by atoms with Crippen LogP contribution in [0.15, 0.2) is 66.9 Å². The maximum absolute atomic E-state index is 16.1. The van der Waals surface area contributed by atoms with Gasteiger partial charge in [-0.2, -0.15) is 0 Å². The van der Waals surface area contributed by atoms with Gasteiger partial charge in [0.1, 0.15) is 20.9 Å². The summed E-state index contributed by atoms with van der Waals surface area (Å²) in [7, 11) is -0.157. The molecule has 1 aliphatic carbocycles. The predicted molar refractivity (Wildman–Crippen MR) is 161 cm³/mol. The van der Waals surface area contributed by atoms with Gasteiger partial charge in [-0.05, 0) is 86.5 Å². The quantitative estimate of drug-likeness (QED) is 0.191. The Balaban J connectivity index is 1.63. The lowest BCUT2D eigenvalue weighted by atomic mass is 9.63. The SMILES string of the molecule is Cc1ccc2c(c1-c1cccc[n+]1C)[Si](C)(C)c1c-2ccc(F)c1-c1ccc2c(c1)C(C)(C)CCC2(C)C. The fraction of sp³-hybridized carbons (Fsp3) is 0.343. The molecule has 0 saturated heterocycles. The highest BCUT2D eigenvalue weighted by atomic mass is 28.3. The minimum Gasteiger partial charge on any atom is -0.206 e. The zero-order valence-electron chi connectivity index (χ0n) is 24.1. The van der Waals surface area contributed by atoms with E-state index in [0.717, 1.165) is 17.5 Å². The van der Waals surface area contributed by atoms with Gasteiger partial charge in [-0.1, -0.05) is 77.2 Å². The number of halogens is 1. The van der Waals surface area contributed by atoms with Gasteiger partial charge in [0.05, 0.1) is 0 Å². The normalized spacial score (nSPS) is 18.0. The molecule has 2 aliphatic rings. The van der Waals surface area contributed by atoms with Crippen LogP contribution >= 0.6 is 0 Å². The number of pyridine rings is 1. The lowest BCUT2D eigenvalue weighted by Gasteiger charge is -2.42. The first kappa shape index (κ1) is 25.2. The van der Waals surface area contributed by atoms with Crippen molar-refractivity contribution in [3.63, 3.8) is 0 Å². The van der Waals surface area contributed by atoms with Crippen molar-refractivity contribution in [1.82, 2.24) is 0 Å². The molecule has 0 saturated carbocycles. The van der Waals surface area contributed by atoms with E-state index in [4.69, 9.17) is 0 Å². The van der Waals surface area contributed by atoms with Crippen molar-refractivity contribution in [1.29, 1.82) is 0 Å². The molecule has 0 amide bonds. The molecule has 1 aromatic heterocycles. The maximum Gasteiger partial charge on any atom is 0.212 e. The number of hydrogen-bond donors (Lipinski definition) is 0. The first-order valence-electron chi connectivity index (χ1n) is 13.9. The van der Waals surface area contributed by atoms with Gasteiger partial charge in [0, 0.05) is 23.3 Å². The van der Waals surface area contributed by atoms with Crippen molar-refractivity contribution in [2.24, 2.45) is 7.05 Å². The van der Waals surface area contributed by atoms with Crippen molar-refractivity contribution in [3.05, 3.63) is 89.4 Å². The number of benzene rings is 3. The first-order valence-corrected chi connectivity index (χ1v) is 16.9. The van der Waals surface area contributed by atoms with Gasteiger partial charge in [0.15, 0.2) is 6.20 Å². The Morgan fingerprint density at radius 2 is 1.39 bits per heavy atom. The van der Waals surface area contributed by atoms with E-state index in [-0.39, 0.29) is 16.6 Å². The smallest absolute Gasteiger partial charge is 0.206 e. The average Bonchev–Trinajstić information content (AvgIpc) is 3.09. The maximum atomic E-state index is 16.1. The second-order valence-electron chi connectivity index (χ2n) is 13.4. The lowest BCUT2D eigenvalue weighted by Crippen LogP contribution is -2.52. The molecular weight excluding hydrogens is 481 g/mol. The third-order valence-electron chi connectivity index (χ3n) is 9.56. The summed E-state index contributed by atoms with van der Waals surface area (Å²) in [5, 5.41) is 2.67. The summed E-state index contributed by atoms with van der Waals surface area (Å²) in [4.78, 5) is 0. The van der Waals surface area contributed by atoms with Crippen molar-refractivity contribution in [2.75, 3.05) is 0 Å². The molecule has 3 heteroatoms. The molecule has 38 heavy (non-hydrogen) atoms. The molecule has 0 atom stereocenters. The standard InChI is InChI=1S/C35H39FNSi/c1-22-12-14-24-25-15-17-28(36)31(23-13-16-26-27(21-23)35(4,5)19-18-34(26,2)3)33(25)38(7,8)32(24)30(22)29-11-9-10-20-37(29)6/h9-17,20-21H,18-19H2,1-8H3/q+1. The molecule has 0 bridgehead atoms. The Morgan fingerprint density at radius 1 is 0.763 bits per heavy atom. The fourth-order valence-corrected chi connectivity index (χ4v) is 11.2. The zero-order chi connectivity index (χ0) is 27.2. The molecule has 0 N–H and O–H groups in total. The Kier molecular flexibility index (Phi) is 5.47. The fourth-order valence-electron chi connectivity index (χ4n) is 7.30. The number of aromatic nitrogens is 1. The average molecular weight is 521 g/mol. The largest absolute Gasteiger partial charge is 0.212 e. The molecule has 0 unspecified atom stereocenters. The number of rotatable bonds is 2. The minimum absolute atomic E-state index is 0.0809. The number of aryl methyl sites for hydroxylation is 2. The van der Waals surface area contributed by atoms with Crippen molar-refractivity contribution >= 4 is 18.4 Å². The summed E-state index contributed by atoms with van der Waals surface area (Å²) in [6, 6.07) is 21.5. The van der Waals surface area contributed by atoms with Crippen molar-refractivity contribution in [2.45, 2.75) is 71.4 Å². The van der Waals surface area contributed by atoms with Crippen LogP contribution in [0, 0.1) is 12.7 Å². The van der Waals surface area contributed by atoms with Crippen LogP contribution in [0.4, 0.5) is 4.39 Å². The van der Waals surface area contributed by atoms with E-state index in [9.17, 15) is 0 Å². The highest BCUT2D eigenvalue weighted by molar-refractivity contribution is 7.05. The Hall–Kier alpha value is -3.04. The Labute approximate surface area is 228 Å².